The van der Waals surface area contributed by atoms with Gasteiger partial charge in [0.15, 0.2) is 0 Å². The molecule has 0 bridgehead atoms. The molecule has 0 amide bonds. The molecule has 0 heterocycles. The lowest BCUT2D eigenvalue weighted by atomic mass is 10.0. The molecule has 0 fully saturated rings. The summed E-state index contributed by atoms with van der Waals surface area (Å²) in [5.41, 5.74) is 0. The van der Waals surface area contributed by atoms with Crippen LogP contribution in [0.25, 0.3) is 0 Å². The molecule has 38 heavy (non-hydrogen) atoms. The van der Waals surface area contributed by atoms with E-state index in [0.29, 0.717) is 19.4 Å². The summed E-state index contributed by atoms with van der Waals surface area (Å²) < 4.78 is 5.41. The van der Waals surface area contributed by atoms with Gasteiger partial charge in [0, 0.05) is 12.8 Å². The maximum Gasteiger partial charge on any atom is 0.305 e. The number of unbranched alkanes of at least 4 members (excludes halogenated alkanes) is 23. The van der Waals surface area contributed by atoms with Gasteiger partial charge in [-0.2, -0.15) is 0 Å². The fraction of sp³-hybridized carbons (Fsp3) is 0.882. The van der Waals surface area contributed by atoms with E-state index in [1.165, 1.54) is 116 Å². The van der Waals surface area contributed by atoms with E-state index in [1.807, 2.05) is 0 Å². The third-order valence-corrected chi connectivity index (χ3v) is 7.44. The van der Waals surface area contributed by atoms with E-state index in [1.54, 1.807) is 0 Å². The topological polar surface area (TPSA) is 63.6 Å². The molecule has 0 rings (SSSR count). The van der Waals surface area contributed by atoms with Crippen LogP contribution < -0.4 is 0 Å². The van der Waals surface area contributed by atoms with E-state index < -0.39 is 5.97 Å². The van der Waals surface area contributed by atoms with E-state index >= 15 is 0 Å². The number of ether oxygens (including phenoxy) is 1. The number of aliphatic carboxylic acids is 1. The fourth-order valence-electron chi connectivity index (χ4n) is 4.92. The van der Waals surface area contributed by atoms with Crippen molar-refractivity contribution in [3.63, 3.8) is 0 Å². The lowest BCUT2D eigenvalue weighted by Crippen LogP contribution is -2.05. The number of hydrogen-bond donors (Lipinski definition) is 1. The lowest BCUT2D eigenvalue weighted by Gasteiger charge is -2.05. The molecule has 0 aliphatic rings. The summed E-state index contributed by atoms with van der Waals surface area (Å²) in [4.78, 5) is 22.3. The molecule has 4 heteroatoms. The smallest absolute Gasteiger partial charge is 0.305 e. The average molecular weight is 537 g/mol. The lowest BCUT2D eigenvalue weighted by molar-refractivity contribution is -0.144. The largest absolute Gasteiger partial charge is 0.481 e. The Bertz CT molecular complexity index is 529. The van der Waals surface area contributed by atoms with Crippen molar-refractivity contribution in [3.05, 3.63) is 12.2 Å². The van der Waals surface area contributed by atoms with Crippen LogP contribution in [0.4, 0.5) is 0 Å². The highest BCUT2D eigenvalue weighted by Gasteiger charge is 2.02. The van der Waals surface area contributed by atoms with Crippen molar-refractivity contribution >= 4 is 11.9 Å². The summed E-state index contributed by atoms with van der Waals surface area (Å²) in [6.07, 6.45) is 37.8. The molecule has 0 radical (unpaired) electrons. The van der Waals surface area contributed by atoms with Crippen LogP contribution in [0, 0.1) is 0 Å². The van der Waals surface area contributed by atoms with Crippen molar-refractivity contribution in [1.29, 1.82) is 0 Å². The van der Waals surface area contributed by atoms with Crippen molar-refractivity contribution in [3.8, 4) is 0 Å². The second-order valence-electron chi connectivity index (χ2n) is 11.3. The summed E-state index contributed by atoms with van der Waals surface area (Å²) in [7, 11) is 0. The Morgan fingerprint density at radius 2 is 0.868 bits per heavy atom. The Morgan fingerprint density at radius 1 is 0.500 bits per heavy atom. The van der Waals surface area contributed by atoms with Gasteiger partial charge < -0.3 is 9.84 Å². The van der Waals surface area contributed by atoms with Crippen LogP contribution in [0.15, 0.2) is 12.2 Å². The summed E-state index contributed by atoms with van der Waals surface area (Å²) in [5, 5.41) is 8.61. The number of carbonyl (C=O) groups is 2. The minimum atomic E-state index is -0.677. The van der Waals surface area contributed by atoms with Gasteiger partial charge in [0.2, 0.25) is 0 Å². The molecule has 0 aromatic heterocycles. The summed E-state index contributed by atoms with van der Waals surface area (Å²) in [6, 6.07) is 0. The average Bonchev–Trinajstić information content (AvgIpc) is 2.90. The van der Waals surface area contributed by atoms with Crippen LogP contribution in [0.2, 0.25) is 0 Å². The van der Waals surface area contributed by atoms with Gasteiger partial charge >= 0.3 is 11.9 Å². The maximum atomic E-state index is 11.9. The highest BCUT2D eigenvalue weighted by molar-refractivity contribution is 5.69. The molecule has 0 aromatic carbocycles. The zero-order valence-corrected chi connectivity index (χ0v) is 25.3. The van der Waals surface area contributed by atoms with E-state index in [9.17, 15) is 9.59 Å². The molecule has 0 atom stereocenters. The summed E-state index contributed by atoms with van der Waals surface area (Å²) in [6.45, 7) is 2.87. The first-order chi connectivity index (χ1) is 18.7. The van der Waals surface area contributed by atoms with Gasteiger partial charge in [-0.15, -0.1) is 0 Å². The molecule has 0 unspecified atom stereocenters. The third-order valence-electron chi connectivity index (χ3n) is 7.44. The normalized spacial score (nSPS) is 11.4. The van der Waals surface area contributed by atoms with Gasteiger partial charge in [0.05, 0.1) is 6.61 Å². The summed E-state index contributed by atoms with van der Waals surface area (Å²) >= 11 is 0. The quantitative estimate of drug-likeness (QED) is 0.0543. The molecule has 0 saturated heterocycles. The van der Waals surface area contributed by atoms with Gasteiger partial charge in [-0.25, -0.2) is 0 Å². The molecule has 0 aliphatic carbocycles. The molecule has 4 nitrogen and oxygen atoms in total. The Morgan fingerprint density at radius 3 is 1.32 bits per heavy atom. The Kier molecular flexibility index (Phi) is 30.8. The number of carbonyl (C=O) groups excluding carboxylic acids is 1. The van der Waals surface area contributed by atoms with Crippen LogP contribution in [-0.2, 0) is 14.3 Å². The van der Waals surface area contributed by atoms with E-state index in [2.05, 4.69) is 19.1 Å². The van der Waals surface area contributed by atoms with Crippen LogP contribution in [0.5, 0.6) is 0 Å². The molecular weight excluding hydrogens is 472 g/mol. The third kappa shape index (κ3) is 32.7. The van der Waals surface area contributed by atoms with Gasteiger partial charge in [0.25, 0.3) is 0 Å². The highest BCUT2D eigenvalue weighted by atomic mass is 16.5. The number of allylic oxidation sites excluding steroid dienone is 2. The van der Waals surface area contributed by atoms with Crippen molar-refractivity contribution in [2.75, 3.05) is 6.61 Å². The zero-order chi connectivity index (χ0) is 27.8. The van der Waals surface area contributed by atoms with Gasteiger partial charge in [0.1, 0.15) is 0 Å². The second kappa shape index (κ2) is 31.9. The highest BCUT2D eigenvalue weighted by Crippen LogP contribution is 2.14. The Labute approximate surface area is 236 Å². The molecule has 0 saturated carbocycles. The van der Waals surface area contributed by atoms with Gasteiger partial charge in [-0.3, -0.25) is 9.59 Å². The minimum Gasteiger partial charge on any atom is -0.481 e. The van der Waals surface area contributed by atoms with Crippen LogP contribution in [0.1, 0.15) is 187 Å². The Balaban J connectivity index is 3.20. The predicted octanol–water partition coefficient (Wildman–Crippen LogP) is 11.1. The summed E-state index contributed by atoms with van der Waals surface area (Å²) in [5.74, 6) is -0.679. The van der Waals surface area contributed by atoms with Crippen molar-refractivity contribution in [1.82, 2.24) is 0 Å². The van der Waals surface area contributed by atoms with E-state index in [-0.39, 0.29) is 5.97 Å². The predicted molar refractivity (Wildman–Crippen MR) is 163 cm³/mol. The number of carboxylic acids is 1. The molecular formula is C34H64O4. The number of rotatable bonds is 31. The first-order valence-electron chi connectivity index (χ1n) is 16.7. The standard InChI is InChI=1S/C34H64O4/c1-2-3-4-5-6-7-8-12-16-19-22-25-28-31-34(37)38-32-29-26-23-20-17-14-11-9-10-13-15-18-21-24-27-30-33(35)36/h9-10H,2-8,11-32H2,1H3,(H,35,36)/b10-9+. The van der Waals surface area contributed by atoms with Crippen LogP contribution in [0.3, 0.4) is 0 Å². The monoisotopic (exact) mass is 536 g/mol. The molecule has 0 aromatic rings. The molecule has 0 spiro atoms. The number of carboxylic acid groups (broad SMARTS) is 1. The second-order valence-corrected chi connectivity index (χ2v) is 11.3. The molecule has 1 N–H and O–H groups in total. The SMILES string of the molecule is CCCCCCCCCCCCCCCC(=O)OCCCCCCCC/C=C/CCCCCCCC(=O)O. The number of hydrogen-bond acceptors (Lipinski definition) is 3. The zero-order valence-electron chi connectivity index (χ0n) is 25.3. The van der Waals surface area contributed by atoms with Gasteiger partial charge in [-0.1, -0.05) is 141 Å². The van der Waals surface area contributed by atoms with Crippen LogP contribution >= 0.6 is 0 Å². The van der Waals surface area contributed by atoms with Crippen molar-refractivity contribution in [2.45, 2.75) is 187 Å². The first kappa shape index (κ1) is 36.7. The van der Waals surface area contributed by atoms with Gasteiger partial charge in [-0.05, 0) is 44.9 Å². The van der Waals surface area contributed by atoms with Crippen LogP contribution in [-0.4, -0.2) is 23.7 Å². The first-order valence-corrected chi connectivity index (χ1v) is 16.7. The number of esters is 1. The molecule has 224 valence electrons. The van der Waals surface area contributed by atoms with Crippen molar-refractivity contribution < 1.29 is 19.4 Å². The maximum absolute atomic E-state index is 11.9. The minimum absolute atomic E-state index is 0.00181. The van der Waals surface area contributed by atoms with Crippen molar-refractivity contribution in [2.24, 2.45) is 0 Å². The van der Waals surface area contributed by atoms with E-state index in [0.717, 1.165) is 51.4 Å². The fourth-order valence-corrected chi connectivity index (χ4v) is 4.92. The Hall–Kier alpha value is -1.32. The van der Waals surface area contributed by atoms with E-state index in [4.69, 9.17) is 9.84 Å². The molecule has 0 aliphatic heterocycles.